The van der Waals surface area contributed by atoms with Crippen LogP contribution in [0.3, 0.4) is 0 Å². The van der Waals surface area contributed by atoms with Crippen molar-refractivity contribution in [1.82, 2.24) is 10.9 Å². The number of benzene rings is 2. The van der Waals surface area contributed by atoms with Gasteiger partial charge < -0.3 is 10.5 Å². The Kier molecular flexibility index (Phi) is 2.98. The van der Waals surface area contributed by atoms with Crippen molar-refractivity contribution in [3.05, 3.63) is 64.7 Å². The number of fused-ring (bicyclic) bond motifs is 1. The summed E-state index contributed by atoms with van der Waals surface area (Å²) in [6, 6.07) is 14.5. The Hall–Kier alpha value is -1.88. The molecule has 0 saturated heterocycles. The minimum absolute atomic E-state index is 0.548. The normalized spacial score (nSPS) is 21.4. The van der Waals surface area contributed by atoms with E-state index in [1.807, 2.05) is 30.3 Å². The minimum Gasteiger partial charge on any atom is -0.366 e. The Balaban J connectivity index is 2.22. The molecule has 1 aliphatic rings. The third-order valence-electron chi connectivity index (χ3n) is 3.06. The quantitative estimate of drug-likeness (QED) is 0.747. The number of nitrogens with zero attached hydrogens (tertiary/aromatic N) is 1. The van der Waals surface area contributed by atoms with Crippen LogP contribution in [-0.2, 0) is 5.72 Å². The standard InChI is InChI=1S/C14H12ClN3O/c15-11-6-7-13-12(8-11)14(19,18-17-9-16-13)10-4-2-1-3-5-10/h1-9,18-19H,(H,16,17). The number of aliphatic hydroxyl groups is 1. The Morgan fingerprint density at radius 3 is 2.68 bits per heavy atom. The molecule has 0 saturated carbocycles. The second kappa shape index (κ2) is 4.66. The van der Waals surface area contributed by atoms with Crippen molar-refractivity contribution in [1.29, 1.82) is 0 Å². The highest BCUT2D eigenvalue weighted by Gasteiger charge is 2.34. The number of rotatable bonds is 1. The number of hydrogen-bond donors (Lipinski definition) is 3. The number of halogens is 1. The van der Waals surface area contributed by atoms with Gasteiger partial charge in [-0.15, -0.1) is 0 Å². The second-order valence-corrected chi connectivity index (χ2v) is 4.70. The third-order valence-corrected chi connectivity index (χ3v) is 3.30. The number of aliphatic imine (C=N–C) groups is 1. The van der Waals surface area contributed by atoms with Gasteiger partial charge in [-0.05, 0) is 18.2 Å². The highest BCUT2D eigenvalue weighted by Crippen LogP contribution is 2.35. The van der Waals surface area contributed by atoms with Gasteiger partial charge in [0.1, 0.15) is 6.34 Å². The predicted molar refractivity (Wildman–Crippen MR) is 75.3 cm³/mol. The van der Waals surface area contributed by atoms with Crippen LogP contribution in [0.15, 0.2) is 53.5 Å². The molecule has 1 unspecified atom stereocenters. The molecule has 2 aromatic carbocycles. The molecular formula is C14H12ClN3O. The third kappa shape index (κ3) is 2.10. The molecule has 0 radical (unpaired) electrons. The monoisotopic (exact) mass is 273 g/mol. The van der Waals surface area contributed by atoms with E-state index < -0.39 is 5.72 Å². The first kappa shape index (κ1) is 12.2. The fourth-order valence-corrected chi connectivity index (χ4v) is 2.30. The van der Waals surface area contributed by atoms with E-state index in [-0.39, 0.29) is 0 Å². The van der Waals surface area contributed by atoms with Crippen LogP contribution in [0.1, 0.15) is 11.1 Å². The molecule has 4 nitrogen and oxygen atoms in total. The molecule has 2 aromatic rings. The van der Waals surface area contributed by atoms with Crippen LogP contribution >= 0.6 is 11.6 Å². The Bertz CT molecular complexity index is 630. The van der Waals surface area contributed by atoms with Gasteiger partial charge in [-0.1, -0.05) is 41.9 Å². The van der Waals surface area contributed by atoms with E-state index in [1.54, 1.807) is 18.2 Å². The van der Waals surface area contributed by atoms with E-state index >= 15 is 0 Å². The van der Waals surface area contributed by atoms with Crippen molar-refractivity contribution >= 4 is 23.6 Å². The van der Waals surface area contributed by atoms with Crippen molar-refractivity contribution in [3.8, 4) is 0 Å². The lowest BCUT2D eigenvalue weighted by molar-refractivity contribution is 0.0370. The van der Waals surface area contributed by atoms with Gasteiger partial charge in [0.05, 0.1) is 5.69 Å². The molecule has 1 atom stereocenters. The molecule has 0 fully saturated rings. The fraction of sp³-hybridized carbons (Fsp3) is 0.0714. The topological polar surface area (TPSA) is 56.6 Å². The molecular weight excluding hydrogens is 262 g/mol. The Morgan fingerprint density at radius 1 is 1.11 bits per heavy atom. The Labute approximate surface area is 115 Å². The summed E-state index contributed by atoms with van der Waals surface area (Å²) in [6.45, 7) is 0. The van der Waals surface area contributed by atoms with Crippen LogP contribution in [0.2, 0.25) is 5.02 Å². The zero-order valence-electron chi connectivity index (χ0n) is 9.97. The van der Waals surface area contributed by atoms with E-state index in [0.29, 0.717) is 21.8 Å². The van der Waals surface area contributed by atoms with Crippen LogP contribution in [0.25, 0.3) is 0 Å². The van der Waals surface area contributed by atoms with Crippen molar-refractivity contribution in [2.24, 2.45) is 4.99 Å². The largest absolute Gasteiger partial charge is 0.366 e. The zero-order chi connectivity index (χ0) is 13.3. The number of nitrogens with one attached hydrogen (secondary N) is 2. The van der Waals surface area contributed by atoms with Crippen molar-refractivity contribution < 1.29 is 5.11 Å². The summed E-state index contributed by atoms with van der Waals surface area (Å²) in [6.07, 6.45) is 1.49. The zero-order valence-corrected chi connectivity index (χ0v) is 10.7. The summed E-state index contributed by atoms with van der Waals surface area (Å²) in [4.78, 5) is 4.23. The predicted octanol–water partition coefficient (Wildman–Crippen LogP) is 2.30. The van der Waals surface area contributed by atoms with E-state index in [1.165, 1.54) is 6.34 Å². The van der Waals surface area contributed by atoms with Gasteiger partial charge in [-0.3, -0.25) is 0 Å². The van der Waals surface area contributed by atoms with Gasteiger partial charge in [0, 0.05) is 16.1 Å². The first-order valence-corrected chi connectivity index (χ1v) is 6.21. The van der Waals surface area contributed by atoms with E-state index in [9.17, 15) is 5.11 Å². The summed E-state index contributed by atoms with van der Waals surface area (Å²) in [7, 11) is 0. The minimum atomic E-state index is -1.39. The van der Waals surface area contributed by atoms with Gasteiger partial charge in [0.15, 0.2) is 5.72 Å². The van der Waals surface area contributed by atoms with E-state index in [2.05, 4.69) is 15.8 Å². The van der Waals surface area contributed by atoms with Crippen LogP contribution in [0.4, 0.5) is 5.69 Å². The molecule has 96 valence electrons. The van der Waals surface area contributed by atoms with E-state index in [4.69, 9.17) is 11.6 Å². The number of hydrogen-bond acceptors (Lipinski definition) is 4. The molecule has 0 aliphatic carbocycles. The maximum absolute atomic E-state index is 11.0. The van der Waals surface area contributed by atoms with Crippen LogP contribution in [-0.4, -0.2) is 11.4 Å². The lowest BCUT2D eigenvalue weighted by Gasteiger charge is -2.29. The molecule has 1 heterocycles. The average Bonchev–Trinajstić information content (AvgIpc) is 2.61. The molecule has 3 N–H and O–H groups in total. The second-order valence-electron chi connectivity index (χ2n) is 4.27. The first-order chi connectivity index (χ1) is 9.20. The lowest BCUT2D eigenvalue weighted by atomic mass is 9.93. The van der Waals surface area contributed by atoms with Crippen LogP contribution < -0.4 is 10.9 Å². The molecule has 3 rings (SSSR count). The lowest BCUT2D eigenvalue weighted by Crippen LogP contribution is -2.49. The maximum atomic E-state index is 11.0. The fourth-order valence-electron chi connectivity index (χ4n) is 2.12. The molecule has 1 aliphatic heterocycles. The van der Waals surface area contributed by atoms with E-state index in [0.717, 1.165) is 0 Å². The summed E-state index contributed by atoms with van der Waals surface area (Å²) < 4.78 is 0. The highest BCUT2D eigenvalue weighted by molar-refractivity contribution is 6.30. The Morgan fingerprint density at radius 2 is 1.89 bits per heavy atom. The first-order valence-electron chi connectivity index (χ1n) is 5.83. The van der Waals surface area contributed by atoms with Gasteiger partial charge in [0.25, 0.3) is 0 Å². The molecule has 0 aromatic heterocycles. The molecule has 5 heteroatoms. The van der Waals surface area contributed by atoms with Crippen molar-refractivity contribution in [3.63, 3.8) is 0 Å². The van der Waals surface area contributed by atoms with Gasteiger partial charge in [0.2, 0.25) is 0 Å². The van der Waals surface area contributed by atoms with Crippen LogP contribution in [0.5, 0.6) is 0 Å². The average molecular weight is 274 g/mol. The van der Waals surface area contributed by atoms with Crippen molar-refractivity contribution in [2.45, 2.75) is 5.72 Å². The van der Waals surface area contributed by atoms with Gasteiger partial charge in [-0.2, -0.15) is 5.43 Å². The summed E-state index contributed by atoms with van der Waals surface area (Å²) in [5.74, 6) is 0. The number of hydrazine groups is 1. The van der Waals surface area contributed by atoms with Crippen molar-refractivity contribution in [2.75, 3.05) is 0 Å². The highest BCUT2D eigenvalue weighted by atomic mass is 35.5. The SMILES string of the molecule is OC1(c2ccccc2)NNC=Nc2ccc(Cl)cc21. The molecule has 0 bridgehead atoms. The summed E-state index contributed by atoms with van der Waals surface area (Å²) in [5, 5.41) is 11.5. The molecule has 19 heavy (non-hydrogen) atoms. The molecule has 0 amide bonds. The molecule has 0 spiro atoms. The maximum Gasteiger partial charge on any atom is 0.187 e. The summed E-state index contributed by atoms with van der Waals surface area (Å²) in [5.41, 5.74) is 6.20. The van der Waals surface area contributed by atoms with Crippen LogP contribution in [0, 0.1) is 0 Å². The van der Waals surface area contributed by atoms with Gasteiger partial charge in [-0.25, -0.2) is 4.99 Å². The summed E-state index contributed by atoms with van der Waals surface area (Å²) >= 11 is 6.03. The smallest absolute Gasteiger partial charge is 0.187 e. The van der Waals surface area contributed by atoms with Gasteiger partial charge >= 0.3 is 0 Å².